The van der Waals surface area contributed by atoms with Gasteiger partial charge in [-0.1, -0.05) is 41.1 Å². The Balaban J connectivity index is 0.00000208. The molecule has 1 aliphatic carbocycles. The van der Waals surface area contributed by atoms with Crippen molar-refractivity contribution in [2.45, 2.75) is 32.1 Å². The van der Waals surface area contributed by atoms with Crippen molar-refractivity contribution in [3.05, 3.63) is 34.3 Å². The fraction of sp³-hybridized carbons (Fsp3) is 0.611. The van der Waals surface area contributed by atoms with E-state index in [4.69, 9.17) is 9.73 Å². The molecule has 1 aliphatic heterocycles. The predicted molar refractivity (Wildman–Crippen MR) is 113 cm³/mol. The molecule has 3 rings (SSSR count). The second-order valence-electron chi connectivity index (χ2n) is 7.11. The highest BCUT2D eigenvalue weighted by Crippen LogP contribution is 2.49. The molecule has 24 heavy (non-hydrogen) atoms. The van der Waals surface area contributed by atoms with E-state index < -0.39 is 0 Å². The quantitative estimate of drug-likeness (QED) is 0.350. The first kappa shape index (κ1) is 20.0. The summed E-state index contributed by atoms with van der Waals surface area (Å²) in [7, 11) is 0. The van der Waals surface area contributed by atoms with Crippen molar-refractivity contribution in [3.63, 3.8) is 0 Å². The molecule has 2 fully saturated rings. The van der Waals surface area contributed by atoms with Gasteiger partial charge in [0.15, 0.2) is 5.96 Å². The third kappa shape index (κ3) is 4.64. The van der Waals surface area contributed by atoms with Crippen LogP contribution in [0.1, 0.15) is 32.3 Å². The number of nitrogens with one attached hydrogen (secondary N) is 2. The minimum absolute atomic E-state index is 0. The highest BCUT2D eigenvalue weighted by atomic mass is 127. The molecule has 0 spiro atoms. The molecule has 2 aliphatic rings. The summed E-state index contributed by atoms with van der Waals surface area (Å²) in [5.41, 5.74) is 1.87. The maximum absolute atomic E-state index is 5.31. The van der Waals surface area contributed by atoms with Crippen LogP contribution >= 0.6 is 39.9 Å². The summed E-state index contributed by atoms with van der Waals surface area (Å²) in [6.07, 6.45) is 2.46. The topological polar surface area (TPSA) is 45.7 Å². The number of nitrogens with zero attached hydrogens (tertiary/aromatic N) is 1. The second kappa shape index (κ2) is 8.36. The van der Waals surface area contributed by atoms with Crippen LogP contribution in [0.2, 0.25) is 0 Å². The Bertz CT molecular complexity index is 585. The molecule has 1 heterocycles. The summed E-state index contributed by atoms with van der Waals surface area (Å²) in [5, 5.41) is 6.90. The third-order valence-electron chi connectivity index (χ3n) is 4.76. The largest absolute Gasteiger partial charge is 0.380 e. The maximum atomic E-state index is 5.31. The van der Waals surface area contributed by atoms with Crippen molar-refractivity contribution in [3.8, 4) is 0 Å². The fourth-order valence-corrected chi connectivity index (χ4v) is 3.70. The van der Waals surface area contributed by atoms with Crippen molar-refractivity contribution in [2.75, 3.05) is 32.8 Å². The second-order valence-corrected chi connectivity index (χ2v) is 7.97. The highest BCUT2D eigenvalue weighted by molar-refractivity contribution is 14.0. The lowest BCUT2D eigenvalue weighted by molar-refractivity contribution is -0.0945. The van der Waals surface area contributed by atoms with Gasteiger partial charge in [0, 0.05) is 28.4 Å². The Morgan fingerprint density at radius 1 is 1.25 bits per heavy atom. The molecule has 2 N–H and O–H groups in total. The summed E-state index contributed by atoms with van der Waals surface area (Å²) in [6.45, 7) is 8.58. The smallest absolute Gasteiger partial charge is 0.191 e. The average Bonchev–Trinajstić information content (AvgIpc) is 3.29. The van der Waals surface area contributed by atoms with Crippen LogP contribution in [0.5, 0.6) is 0 Å². The minimum atomic E-state index is 0. The van der Waals surface area contributed by atoms with Gasteiger partial charge in [-0.15, -0.1) is 24.0 Å². The SMILES string of the molecule is CCNC(=NCC1(C)COC1)NCC1(c2ccccc2Br)CC1.I. The number of guanidine groups is 1. The third-order valence-corrected chi connectivity index (χ3v) is 5.45. The van der Waals surface area contributed by atoms with E-state index in [1.807, 2.05) is 0 Å². The maximum Gasteiger partial charge on any atom is 0.191 e. The summed E-state index contributed by atoms with van der Waals surface area (Å²) < 4.78 is 6.52. The van der Waals surface area contributed by atoms with E-state index >= 15 is 0 Å². The van der Waals surface area contributed by atoms with Crippen LogP contribution in [0.3, 0.4) is 0 Å². The van der Waals surface area contributed by atoms with Gasteiger partial charge in [0.2, 0.25) is 0 Å². The van der Waals surface area contributed by atoms with Gasteiger partial charge in [-0.2, -0.15) is 0 Å². The monoisotopic (exact) mass is 507 g/mol. The first-order valence-electron chi connectivity index (χ1n) is 8.42. The zero-order chi connectivity index (χ0) is 16.3. The number of hydrogen-bond acceptors (Lipinski definition) is 2. The number of ether oxygens (including phenoxy) is 1. The van der Waals surface area contributed by atoms with Crippen LogP contribution < -0.4 is 10.6 Å². The molecular formula is C18H27BrIN3O. The lowest BCUT2D eigenvalue weighted by atomic mass is 9.89. The van der Waals surface area contributed by atoms with E-state index in [0.29, 0.717) is 0 Å². The molecule has 1 aromatic rings. The number of hydrogen-bond donors (Lipinski definition) is 2. The molecule has 6 heteroatoms. The standard InChI is InChI=1S/C18H26BrN3O.HI/c1-3-20-16(21-10-17(2)12-23-13-17)22-11-18(8-9-18)14-6-4-5-7-15(14)19;/h4-7H,3,8-13H2,1-2H3,(H2,20,21,22);1H. The Hall–Kier alpha value is -0.340. The lowest BCUT2D eigenvalue weighted by Gasteiger charge is -2.36. The molecule has 0 amide bonds. The van der Waals surface area contributed by atoms with Crippen molar-refractivity contribution in [1.82, 2.24) is 10.6 Å². The minimum Gasteiger partial charge on any atom is -0.380 e. The highest BCUT2D eigenvalue weighted by Gasteiger charge is 2.45. The summed E-state index contributed by atoms with van der Waals surface area (Å²) in [4.78, 5) is 4.76. The van der Waals surface area contributed by atoms with Crippen molar-refractivity contribution in [1.29, 1.82) is 0 Å². The Kier molecular flexibility index (Phi) is 6.96. The summed E-state index contributed by atoms with van der Waals surface area (Å²) in [5.74, 6) is 0.916. The normalized spacial score (nSPS) is 20.5. The van der Waals surface area contributed by atoms with E-state index in [9.17, 15) is 0 Å². The van der Waals surface area contributed by atoms with Gasteiger partial charge in [0.1, 0.15) is 0 Å². The predicted octanol–water partition coefficient (Wildman–Crippen LogP) is 3.69. The molecule has 0 unspecified atom stereocenters. The molecule has 1 saturated heterocycles. The van der Waals surface area contributed by atoms with E-state index in [1.165, 1.54) is 22.9 Å². The van der Waals surface area contributed by atoms with Gasteiger partial charge in [-0.3, -0.25) is 4.99 Å². The number of aliphatic imine (C=N–C) groups is 1. The first-order valence-corrected chi connectivity index (χ1v) is 9.21. The van der Waals surface area contributed by atoms with Gasteiger partial charge in [-0.25, -0.2) is 0 Å². The van der Waals surface area contributed by atoms with E-state index in [0.717, 1.165) is 38.8 Å². The lowest BCUT2D eigenvalue weighted by Crippen LogP contribution is -2.45. The van der Waals surface area contributed by atoms with Crippen LogP contribution in [0, 0.1) is 5.41 Å². The molecule has 0 aromatic heterocycles. The van der Waals surface area contributed by atoms with Crippen molar-refractivity contribution < 1.29 is 4.74 Å². The first-order chi connectivity index (χ1) is 11.1. The number of rotatable bonds is 6. The van der Waals surface area contributed by atoms with Gasteiger partial charge in [-0.05, 0) is 31.4 Å². The molecule has 1 saturated carbocycles. The Morgan fingerprint density at radius 3 is 2.50 bits per heavy atom. The van der Waals surface area contributed by atoms with Gasteiger partial charge >= 0.3 is 0 Å². The van der Waals surface area contributed by atoms with Crippen LogP contribution in [0.4, 0.5) is 0 Å². The van der Waals surface area contributed by atoms with E-state index in [-0.39, 0.29) is 34.8 Å². The summed E-state index contributed by atoms with van der Waals surface area (Å²) >= 11 is 3.70. The Labute approximate surface area is 170 Å². The molecule has 1 aromatic carbocycles. The van der Waals surface area contributed by atoms with Crippen LogP contribution in [0.15, 0.2) is 33.7 Å². The number of benzene rings is 1. The molecule has 0 atom stereocenters. The van der Waals surface area contributed by atoms with Crippen LogP contribution in [0.25, 0.3) is 0 Å². The molecule has 0 bridgehead atoms. The molecule has 0 radical (unpaired) electrons. The average molecular weight is 508 g/mol. The van der Waals surface area contributed by atoms with E-state index in [2.05, 4.69) is 64.7 Å². The Morgan fingerprint density at radius 2 is 1.96 bits per heavy atom. The van der Waals surface area contributed by atoms with E-state index in [1.54, 1.807) is 0 Å². The zero-order valence-electron chi connectivity index (χ0n) is 14.4. The molecular weight excluding hydrogens is 481 g/mol. The van der Waals surface area contributed by atoms with Gasteiger partial charge < -0.3 is 15.4 Å². The van der Waals surface area contributed by atoms with Crippen molar-refractivity contribution in [2.24, 2.45) is 10.4 Å². The zero-order valence-corrected chi connectivity index (χ0v) is 18.3. The van der Waals surface area contributed by atoms with Crippen molar-refractivity contribution >= 4 is 45.9 Å². The summed E-state index contributed by atoms with van der Waals surface area (Å²) in [6, 6.07) is 8.56. The van der Waals surface area contributed by atoms with Crippen LogP contribution in [-0.2, 0) is 10.2 Å². The fourth-order valence-electron chi connectivity index (χ4n) is 2.99. The molecule has 134 valence electrons. The van der Waals surface area contributed by atoms with Crippen LogP contribution in [-0.4, -0.2) is 38.8 Å². The molecule has 4 nitrogen and oxygen atoms in total. The number of halogens is 2. The van der Waals surface area contributed by atoms with Gasteiger partial charge in [0.05, 0.1) is 19.8 Å². The van der Waals surface area contributed by atoms with Gasteiger partial charge in [0.25, 0.3) is 0 Å².